The first-order valence-electron chi connectivity index (χ1n) is 8.46. The second-order valence-electron chi connectivity index (χ2n) is 5.85. The van der Waals surface area contributed by atoms with Gasteiger partial charge in [0.1, 0.15) is 0 Å². The average molecular weight is 357 g/mol. The normalized spacial score (nSPS) is 12.1. The van der Waals surface area contributed by atoms with E-state index in [9.17, 15) is 0 Å². The summed E-state index contributed by atoms with van der Waals surface area (Å²) in [6, 6.07) is 14.8. The predicted molar refractivity (Wildman–Crippen MR) is 101 cm³/mol. The van der Waals surface area contributed by atoms with Gasteiger partial charge in [0.15, 0.2) is 0 Å². The van der Waals surface area contributed by atoms with Crippen molar-refractivity contribution >= 4 is 28.3 Å². The van der Waals surface area contributed by atoms with Crippen LogP contribution in [0.5, 0.6) is 6.01 Å². The van der Waals surface area contributed by atoms with Crippen LogP contribution in [0.1, 0.15) is 38.3 Å². The van der Waals surface area contributed by atoms with Crippen LogP contribution in [-0.4, -0.2) is 21.6 Å². The fourth-order valence-corrected chi connectivity index (χ4v) is 2.82. The van der Waals surface area contributed by atoms with Crippen molar-refractivity contribution in [1.82, 2.24) is 15.0 Å². The Labute approximate surface area is 152 Å². The van der Waals surface area contributed by atoms with Crippen LogP contribution in [0.2, 0.25) is 5.28 Å². The summed E-state index contributed by atoms with van der Waals surface area (Å²) in [6.07, 6.45) is 1.99. The van der Waals surface area contributed by atoms with E-state index in [2.05, 4.69) is 64.4 Å². The van der Waals surface area contributed by atoms with Crippen LogP contribution >= 0.6 is 11.6 Å². The Morgan fingerprint density at radius 3 is 2.72 bits per heavy atom. The van der Waals surface area contributed by atoms with E-state index in [0.717, 1.165) is 12.8 Å². The number of fused-ring (bicyclic) bond motifs is 1. The minimum Gasteiger partial charge on any atom is -0.463 e. The minimum absolute atomic E-state index is 0.00746. The molecule has 1 atom stereocenters. The molecular weight excluding hydrogens is 336 g/mol. The lowest BCUT2D eigenvalue weighted by Crippen LogP contribution is -2.12. The van der Waals surface area contributed by atoms with Crippen molar-refractivity contribution in [2.75, 3.05) is 11.9 Å². The largest absolute Gasteiger partial charge is 0.463 e. The Kier molecular flexibility index (Phi) is 5.66. The summed E-state index contributed by atoms with van der Waals surface area (Å²) >= 11 is 6.01. The monoisotopic (exact) mass is 356 g/mol. The van der Waals surface area contributed by atoms with Crippen molar-refractivity contribution in [2.45, 2.75) is 32.7 Å². The van der Waals surface area contributed by atoms with Crippen molar-refractivity contribution in [3.63, 3.8) is 0 Å². The first-order chi connectivity index (χ1) is 12.2. The number of nitrogens with zero attached hydrogens (tertiary/aromatic N) is 3. The summed E-state index contributed by atoms with van der Waals surface area (Å²) in [5.41, 5.74) is 1.17. The summed E-state index contributed by atoms with van der Waals surface area (Å²) in [7, 11) is 0. The molecule has 0 saturated heterocycles. The van der Waals surface area contributed by atoms with Gasteiger partial charge >= 0.3 is 6.01 Å². The molecule has 0 amide bonds. The van der Waals surface area contributed by atoms with E-state index >= 15 is 0 Å². The van der Waals surface area contributed by atoms with Gasteiger partial charge in [0.2, 0.25) is 11.2 Å². The molecular formula is C19H21ClN4O. The van der Waals surface area contributed by atoms with Crippen molar-refractivity contribution < 1.29 is 4.74 Å². The Morgan fingerprint density at radius 1 is 1.08 bits per heavy atom. The number of nitrogens with one attached hydrogen (secondary N) is 1. The molecule has 130 valence electrons. The first-order valence-corrected chi connectivity index (χ1v) is 8.83. The summed E-state index contributed by atoms with van der Waals surface area (Å²) < 4.78 is 5.54. The van der Waals surface area contributed by atoms with E-state index in [4.69, 9.17) is 16.3 Å². The standard InChI is InChI=1S/C19H21ClN4O/c1-3-4-12-25-19-23-17(20)22-18(24-19)21-13(2)15-11-7-9-14-8-5-6-10-16(14)15/h5-11,13H,3-4,12H2,1-2H3,(H,21,22,23,24)/t13-/m1/s1. The van der Waals surface area contributed by atoms with E-state index in [0.29, 0.717) is 12.6 Å². The van der Waals surface area contributed by atoms with Crippen molar-refractivity contribution in [3.05, 3.63) is 53.3 Å². The first kappa shape index (κ1) is 17.4. The van der Waals surface area contributed by atoms with Gasteiger partial charge < -0.3 is 10.1 Å². The maximum absolute atomic E-state index is 6.01. The van der Waals surface area contributed by atoms with E-state index in [1.165, 1.54) is 16.3 Å². The number of halogens is 1. The molecule has 1 N–H and O–H groups in total. The van der Waals surface area contributed by atoms with E-state index < -0.39 is 0 Å². The topological polar surface area (TPSA) is 59.9 Å². The zero-order valence-electron chi connectivity index (χ0n) is 14.4. The molecule has 0 bridgehead atoms. The fraction of sp³-hybridized carbons (Fsp3) is 0.316. The number of benzene rings is 2. The molecule has 1 heterocycles. The Balaban J connectivity index is 1.81. The van der Waals surface area contributed by atoms with Crippen molar-refractivity contribution in [1.29, 1.82) is 0 Å². The Hall–Kier alpha value is -2.40. The molecule has 1 aromatic heterocycles. The maximum atomic E-state index is 6.01. The number of ether oxygens (including phenoxy) is 1. The minimum atomic E-state index is 0.00746. The smallest absolute Gasteiger partial charge is 0.322 e. The quantitative estimate of drug-likeness (QED) is 0.601. The second kappa shape index (κ2) is 8.12. The zero-order valence-corrected chi connectivity index (χ0v) is 15.1. The van der Waals surface area contributed by atoms with Crippen LogP contribution in [0.25, 0.3) is 10.8 Å². The molecule has 0 spiro atoms. The van der Waals surface area contributed by atoms with Gasteiger partial charge in [-0.05, 0) is 41.3 Å². The number of hydrogen-bond donors (Lipinski definition) is 1. The van der Waals surface area contributed by atoms with Crippen molar-refractivity contribution in [3.8, 4) is 6.01 Å². The maximum Gasteiger partial charge on any atom is 0.322 e. The van der Waals surface area contributed by atoms with Crippen LogP contribution in [0.3, 0.4) is 0 Å². The van der Waals surface area contributed by atoms with Gasteiger partial charge in [-0.3, -0.25) is 0 Å². The summed E-state index contributed by atoms with van der Waals surface area (Å²) in [5.74, 6) is 0.409. The molecule has 3 rings (SSSR count). The molecule has 25 heavy (non-hydrogen) atoms. The number of unbranched alkanes of at least 4 members (excludes halogenated alkanes) is 1. The zero-order chi connectivity index (χ0) is 17.6. The summed E-state index contributed by atoms with van der Waals surface area (Å²) in [4.78, 5) is 12.5. The van der Waals surface area contributed by atoms with E-state index in [1.807, 2.05) is 12.1 Å². The molecule has 0 radical (unpaired) electrons. The van der Waals surface area contributed by atoms with E-state index in [-0.39, 0.29) is 17.3 Å². The molecule has 0 unspecified atom stereocenters. The third-order valence-corrected chi connectivity index (χ3v) is 4.12. The van der Waals surface area contributed by atoms with E-state index in [1.54, 1.807) is 0 Å². The number of rotatable bonds is 7. The molecule has 0 aliphatic carbocycles. The third kappa shape index (κ3) is 4.37. The molecule has 3 aromatic rings. The summed E-state index contributed by atoms with van der Waals surface area (Å²) in [5, 5.41) is 5.81. The highest BCUT2D eigenvalue weighted by Gasteiger charge is 2.12. The highest BCUT2D eigenvalue weighted by molar-refractivity contribution is 6.28. The molecule has 0 aliphatic heterocycles. The van der Waals surface area contributed by atoms with Gasteiger partial charge in [-0.25, -0.2) is 0 Å². The lowest BCUT2D eigenvalue weighted by molar-refractivity contribution is 0.285. The predicted octanol–water partition coefficient (Wildman–Crippen LogP) is 5.03. The number of anilines is 1. The summed E-state index contributed by atoms with van der Waals surface area (Å²) in [6.45, 7) is 4.73. The van der Waals surface area contributed by atoms with Gasteiger partial charge in [-0.15, -0.1) is 0 Å². The van der Waals surface area contributed by atoms with Crippen LogP contribution in [-0.2, 0) is 0 Å². The second-order valence-corrected chi connectivity index (χ2v) is 6.19. The van der Waals surface area contributed by atoms with Crippen molar-refractivity contribution in [2.24, 2.45) is 0 Å². The molecule has 0 aliphatic rings. The highest BCUT2D eigenvalue weighted by Crippen LogP contribution is 2.26. The molecule has 6 heteroatoms. The molecule has 2 aromatic carbocycles. The van der Waals surface area contributed by atoms with Gasteiger partial charge in [0, 0.05) is 0 Å². The lowest BCUT2D eigenvalue weighted by atomic mass is 10.00. The lowest BCUT2D eigenvalue weighted by Gasteiger charge is -2.17. The molecule has 0 saturated carbocycles. The van der Waals surface area contributed by atoms with Gasteiger partial charge in [-0.1, -0.05) is 55.8 Å². The Bertz CT molecular complexity index is 850. The van der Waals surface area contributed by atoms with Crippen LogP contribution < -0.4 is 10.1 Å². The van der Waals surface area contributed by atoms with Gasteiger partial charge in [0.25, 0.3) is 0 Å². The fourth-order valence-electron chi connectivity index (χ4n) is 2.67. The molecule has 0 fully saturated rings. The van der Waals surface area contributed by atoms with Crippen LogP contribution in [0.4, 0.5) is 5.95 Å². The highest BCUT2D eigenvalue weighted by atomic mass is 35.5. The van der Waals surface area contributed by atoms with Gasteiger partial charge in [-0.2, -0.15) is 15.0 Å². The van der Waals surface area contributed by atoms with Crippen LogP contribution in [0.15, 0.2) is 42.5 Å². The molecule has 5 nitrogen and oxygen atoms in total. The van der Waals surface area contributed by atoms with Crippen LogP contribution in [0, 0.1) is 0 Å². The third-order valence-electron chi connectivity index (χ3n) is 3.95. The Morgan fingerprint density at radius 2 is 1.88 bits per heavy atom. The van der Waals surface area contributed by atoms with Gasteiger partial charge in [0.05, 0.1) is 12.6 Å². The SMILES string of the molecule is CCCCOc1nc(Cl)nc(N[C@H](C)c2cccc3ccccc23)n1. The number of hydrogen-bond acceptors (Lipinski definition) is 5. The average Bonchev–Trinajstić information content (AvgIpc) is 2.61. The number of aromatic nitrogens is 3.